The molecular weight excluding hydrogens is 374 g/mol. The van der Waals surface area contributed by atoms with Crippen LogP contribution >= 0.6 is 15.9 Å². The van der Waals surface area contributed by atoms with Gasteiger partial charge in [0, 0.05) is 4.47 Å². The maximum absolute atomic E-state index is 12.3. The van der Waals surface area contributed by atoms with E-state index < -0.39 is 0 Å². The number of fused-ring (bicyclic) bond motifs is 1. The second-order valence-corrected chi connectivity index (χ2v) is 6.34. The fourth-order valence-electron chi connectivity index (χ4n) is 2.58. The van der Waals surface area contributed by atoms with Gasteiger partial charge in [-0.25, -0.2) is 4.57 Å². The van der Waals surface area contributed by atoms with Crippen LogP contribution < -0.4 is 20.6 Å². The van der Waals surface area contributed by atoms with E-state index in [2.05, 4.69) is 32.8 Å². The maximum Gasteiger partial charge on any atom is 0.311 e. The van der Waals surface area contributed by atoms with Crippen LogP contribution in [0.25, 0.3) is 11.2 Å². The number of H-pyrrole nitrogens is 1. The number of nitrogens with one attached hydrogen (secondary N) is 1. The molecule has 3 rings (SSSR count). The first-order valence-corrected chi connectivity index (χ1v) is 8.54. The molecule has 0 atom stereocenters. The third-order valence-corrected chi connectivity index (χ3v) is 4.14. The van der Waals surface area contributed by atoms with Crippen LogP contribution in [0, 0.1) is 0 Å². The molecule has 0 spiro atoms. The average molecular weight is 393 g/mol. The van der Waals surface area contributed by atoms with Gasteiger partial charge in [-0.2, -0.15) is 0 Å². The Labute approximate surface area is 147 Å². The molecule has 8 heteroatoms. The number of imidazole rings is 1. The lowest BCUT2D eigenvalue weighted by atomic mass is 10.3. The Morgan fingerprint density at radius 3 is 2.83 bits per heavy atom. The van der Waals surface area contributed by atoms with Crippen molar-refractivity contribution in [3.8, 4) is 5.75 Å². The predicted molar refractivity (Wildman–Crippen MR) is 94.9 cm³/mol. The summed E-state index contributed by atoms with van der Waals surface area (Å²) >= 11 is 3.39. The molecule has 0 bridgehead atoms. The van der Waals surface area contributed by atoms with Crippen LogP contribution in [0.5, 0.6) is 5.75 Å². The molecule has 126 valence electrons. The second kappa shape index (κ2) is 7.04. The van der Waals surface area contributed by atoms with Gasteiger partial charge in [-0.15, -0.1) is 0 Å². The number of benzene rings is 1. The van der Waals surface area contributed by atoms with Gasteiger partial charge in [0.15, 0.2) is 6.33 Å². The number of anilines is 1. The molecule has 3 N–H and O–H groups in total. The third-order valence-electron chi connectivity index (χ3n) is 3.61. The Kier molecular flexibility index (Phi) is 4.84. The van der Waals surface area contributed by atoms with Crippen LogP contribution in [0.3, 0.4) is 0 Å². The maximum atomic E-state index is 12.3. The minimum Gasteiger partial charge on any atom is -0.490 e. The van der Waals surface area contributed by atoms with Crippen molar-refractivity contribution >= 4 is 33.0 Å². The SMILES string of the molecule is CCC[n+]1cn(CCOc2ccc(Br)cc2)c2c(=O)[nH]c(N)nc21. The van der Waals surface area contributed by atoms with Gasteiger partial charge >= 0.3 is 5.65 Å². The van der Waals surface area contributed by atoms with Crippen LogP contribution in [0.15, 0.2) is 39.9 Å². The number of rotatable bonds is 6. The molecule has 0 aliphatic carbocycles. The van der Waals surface area contributed by atoms with Gasteiger partial charge in [-0.1, -0.05) is 27.8 Å². The largest absolute Gasteiger partial charge is 0.490 e. The van der Waals surface area contributed by atoms with Crippen molar-refractivity contribution in [1.29, 1.82) is 0 Å². The fraction of sp³-hybridized carbons (Fsp3) is 0.312. The molecule has 7 nitrogen and oxygen atoms in total. The van der Waals surface area contributed by atoms with E-state index in [1.165, 1.54) is 0 Å². The van der Waals surface area contributed by atoms with Crippen LogP contribution in [0.1, 0.15) is 13.3 Å². The minimum atomic E-state index is -0.240. The van der Waals surface area contributed by atoms with Crippen molar-refractivity contribution in [2.45, 2.75) is 26.4 Å². The molecule has 0 amide bonds. The van der Waals surface area contributed by atoms with E-state index in [4.69, 9.17) is 10.5 Å². The van der Waals surface area contributed by atoms with E-state index in [0.717, 1.165) is 23.2 Å². The summed E-state index contributed by atoms with van der Waals surface area (Å²) in [5.74, 6) is 0.911. The summed E-state index contributed by atoms with van der Waals surface area (Å²) in [6, 6.07) is 7.63. The van der Waals surface area contributed by atoms with E-state index in [1.54, 1.807) is 0 Å². The second-order valence-electron chi connectivity index (χ2n) is 5.43. The first-order valence-electron chi connectivity index (χ1n) is 7.75. The van der Waals surface area contributed by atoms with Crippen molar-refractivity contribution < 1.29 is 9.30 Å². The molecule has 0 saturated carbocycles. The van der Waals surface area contributed by atoms with Crippen LogP contribution in [-0.2, 0) is 13.1 Å². The smallest absolute Gasteiger partial charge is 0.311 e. The summed E-state index contributed by atoms with van der Waals surface area (Å²) in [4.78, 5) is 19.1. The van der Waals surface area contributed by atoms with Gasteiger partial charge in [0.05, 0.1) is 6.54 Å². The number of aromatic nitrogens is 4. The molecule has 1 aromatic carbocycles. The summed E-state index contributed by atoms with van der Waals surface area (Å²) in [5.41, 5.74) is 6.54. The van der Waals surface area contributed by atoms with Gasteiger partial charge in [-0.05, 0) is 30.7 Å². The lowest BCUT2D eigenvalue weighted by Crippen LogP contribution is -2.33. The summed E-state index contributed by atoms with van der Waals surface area (Å²) in [7, 11) is 0. The standard InChI is InChI=1S/C16H18BrN5O2/c1-2-7-22-10-21(13-14(22)19-16(18)20-15(13)23)8-9-24-12-5-3-11(17)4-6-12/h3-6,10H,2,7-9H2,1H3,(H2-,18,19,20,23)/p+1. The normalized spacial score (nSPS) is 11.1. The first-order chi connectivity index (χ1) is 11.6. The number of halogens is 1. The lowest BCUT2D eigenvalue weighted by Gasteiger charge is -2.05. The number of aryl methyl sites for hydroxylation is 1. The molecule has 3 aromatic rings. The van der Waals surface area contributed by atoms with Crippen molar-refractivity contribution in [3.05, 3.63) is 45.4 Å². The van der Waals surface area contributed by atoms with Crippen LogP contribution in [0.2, 0.25) is 0 Å². The minimum absolute atomic E-state index is 0.126. The monoisotopic (exact) mass is 392 g/mol. The Balaban J connectivity index is 1.83. The molecule has 0 aliphatic heterocycles. The number of aromatic amines is 1. The average Bonchev–Trinajstić information content (AvgIpc) is 2.88. The van der Waals surface area contributed by atoms with E-state index in [1.807, 2.05) is 39.7 Å². The van der Waals surface area contributed by atoms with E-state index >= 15 is 0 Å². The molecule has 0 radical (unpaired) electrons. The zero-order chi connectivity index (χ0) is 17.1. The molecular formula is C16H19BrN5O2+. The zero-order valence-corrected chi connectivity index (χ0v) is 14.9. The topological polar surface area (TPSA) is 89.8 Å². The quantitative estimate of drug-likeness (QED) is 0.626. The lowest BCUT2D eigenvalue weighted by molar-refractivity contribution is -0.674. The molecule has 24 heavy (non-hydrogen) atoms. The predicted octanol–water partition coefficient (Wildman–Crippen LogP) is 1.85. The number of hydrogen-bond donors (Lipinski definition) is 2. The number of nitrogens with zero attached hydrogens (tertiary/aromatic N) is 3. The van der Waals surface area contributed by atoms with Gasteiger partial charge in [0.25, 0.3) is 11.5 Å². The summed E-state index contributed by atoms with van der Waals surface area (Å²) in [6.45, 7) is 3.83. The third kappa shape index (κ3) is 3.43. The highest BCUT2D eigenvalue weighted by Gasteiger charge is 2.20. The van der Waals surface area contributed by atoms with Crippen molar-refractivity contribution in [2.75, 3.05) is 12.3 Å². The van der Waals surface area contributed by atoms with Gasteiger partial charge in [0.2, 0.25) is 5.52 Å². The van der Waals surface area contributed by atoms with Crippen molar-refractivity contribution in [1.82, 2.24) is 14.5 Å². The van der Waals surface area contributed by atoms with Crippen molar-refractivity contribution in [3.63, 3.8) is 0 Å². The highest BCUT2D eigenvalue weighted by molar-refractivity contribution is 9.10. The number of nitrogens with two attached hydrogens (primary N) is 1. The summed E-state index contributed by atoms with van der Waals surface area (Å²) in [6.07, 6.45) is 2.83. The molecule has 0 aliphatic rings. The molecule has 0 fully saturated rings. The molecule has 2 aromatic heterocycles. The molecule has 0 unspecified atom stereocenters. The number of nitrogen functional groups attached to an aromatic ring is 1. The van der Waals surface area contributed by atoms with E-state index in [9.17, 15) is 4.79 Å². The van der Waals surface area contributed by atoms with Gasteiger partial charge < -0.3 is 10.5 Å². The van der Waals surface area contributed by atoms with Gasteiger partial charge in [-0.3, -0.25) is 14.3 Å². The molecule has 2 heterocycles. The summed E-state index contributed by atoms with van der Waals surface area (Å²) in [5, 5.41) is 0. The fourth-order valence-corrected chi connectivity index (χ4v) is 2.84. The van der Waals surface area contributed by atoms with E-state index in [0.29, 0.717) is 24.3 Å². The Morgan fingerprint density at radius 2 is 2.12 bits per heavy atom. The van der Waals surface area contributed by atoms with Gasteiger partial charge in [0.1, 0.15) is 18.9 Å². The zero-order valence-electron chi connectivity index (χ0n) is 13.3. The van der Waals surface area contributed by atoms with E-state index in [-0.39, 0.29) is 11.5 Å². The first kappa shape index (κ1) is 16.5. The Morgan fingerprint density at radius 1 is 1.38 bits per heavy atom. The van der Waals surface area contributed by atoms with Crippen LogP contribution in [-0.4, -0.2) is 21.1 Å². The number of hydrogen-bond acceptors (Lipinski definition) is 4. The highest BCUT2D eigenvalue weighted by Crippen LogP contribution is 2.16. The molecule has 0 saturated heterocycles. The highest BCUT2D eigenvalue weighted by atomic mass is 79.9. The van der Waals surface area contributed by atoms with Crippen molar-refractivity contribution in [2.24, 2.45) is 0 Å². The number of ether oxygens (including phenoxy) is 1. The summed E-state index contributed by atoms with van der Waals surface area (Å²) < 4.78 is 10.5. The Bertz CT molecular complexity index is 901. The Hall–Kier alpha value is -2.35. The van der Waals surface area contributed by atoms with Crippen LogP contribution in [0.4, 0.5) is 5.95 Å².